The Hall–Kier alpha value is -2.48. The number of carbonyl (C=O) groups is 1. The number of anilines is 1. The van der Waals surface area contributed by atoms with E-state index in [0.29, 0.717) is 6.42 Å². The van der Waals surface area contributed by atoms with Crippen molar-refractivity contribution in [1.82, 2.24) is 24.6 Å². The zero-order valence-electron chi connectivity index (χ0n) is 13.4. The molecule has 3 aromatic heterocycles. The van der Waals surface area contributed by atoms with Crippen LogP contribution in [0.25, 0.3) is 11.0 Å². The third-order valence-electron chi connectivity index (χ3n) is 4.35. The van der Waals surface area contributed by atoms with Gasteiger partial charge in [-0.05, 0) is 11.4 Å². The number of aryl methyl sites for hydroxylation is 1. The van der Waals surface area contributed by atoms with Gasteiger partial charge in [-0.2, -0.15) is 5.10 Å². The molecular weight excluding hydrogens is 324 g/mol. The van der Waals surface area contributed by atoms with E-state index in [1.165, 1.54) is 0 Å². The van der Waals surface area contributed by atoms with E-state index in [4.69, 9.17) is 0 Å². The fraction of sp³-hybridized carbons (Fsp3) is 0.375. The summed E-state index contributed by atoms with van der Waals surface area (Å²) in [5.74, 6) is 1.10. The van der Waals surface area contributed by atoms with Gasteiger partial charge >= 0.3 is 0 Å². The third kappa shape index (κ3) is 2.73. The lowest BCUT2D eigenvalue weighted by molar-refractivity contribution is -0.130. The normalized spacial score (nSPS) is 15.2. The molecule has 0 radical (unpaired) electrons. The molecule has 8 heteroatoms. The van der Waals surface area contributed by atoms with Crippen LogP contribution >= 0.6 is 11.3 Å². The third-order valence-corrected chi connectivity index (χ3v) is 5.22. The van der Waals surface area contributed by atoms with Crippen LogP contribution in [0.1, 0.15) is 4.88 Å². The summed E-state index contributed by atoms with van der Waals surface area (Å²) >= 11 is 1.63. The highest BCUT2D eigenvalue weighted by Crippen LogP contribution is 2.23. The lowest BCUT2D eigenvalue weighted by atomic mass is 10.2. The molecule has 0 bridgehead atoms. The molecule has 1 aliphatic heterocycles. The smallest absolute Gasteiger partial charge is 0.227 e. The quantitative estimate of drug-likeness (QED) is 0.718. The van der Waals surface area contributed by atoms with E-state index in [1.807, 2.05) is 29.5 Å². The highest BCUT2D eigenvalue weighted by Gasteiger charge is 2.23. The number of fused-ring (bicyclic) bond motifs is 1. The van der Waals surface area contributed by atoms with Crippen molar-refractivity contribution in [2.75, 3.05) is 31.1 Å². The minimum atomic E-state index is 0.200. The van der Waals surface area contributed by atoms with Gasteiger partial charge in [0.1, 0.15) is 12.1 Å². The molecule has 124 valence electrons. The van der Waals surface area contributed by atoms with Crippen LogP contribution in [0.3, 0.4) is 0 Å². The zero-order chi connectivity index (χ0) is 16.5. The standard InChI is InChI=1S/C16H18N6OS/c1-20-15-13(10-19-20)16(18-11-17-15)22-6-4-21(5-7-22)14(23)9-12-3-2-8-24-12/h2-3,8,10-11H,4-7,9H2,1H3. The average molecular weight is 342 g/mol. The molecule has 24 heavy (non-hydrogen) atoms. The highest BCUT2D eigenvalue weighted by molar-refractivity contribution is 7.10. The first-order chi connectivity index (χ1) is 11.7. The Labute approximate surface area is 143 Å². The van der Waals surface area contributed by atoms with Gasteiger partial charge in [0.2, 0.25) is 5.91 Å². The molecule has 0 saturated carbocycles. The molecule has 0 aliphatic carbocycles. The zero-order valence-corrected chi connectivity index (χ0v) is 14.2. The van der Waals surface area contributed by atoms with Gasteiger partial charge in [-0.25, -0.2) is 9.97 Å². The van der Waals surface area contributed by atoms with E-state index in [9.17, 15) is 4.79 Å². The van der Waals surface area contributed by atoms with Crippen molar-refractivity contribution in [3.05, 3.63) is 34.9 Å². The van der Waals surface area contributed by atoms with E-state index in [-0.39, 0.29) is 5.91 Å². The average Bonchev–Trinajstić information content (AvgIpc) is 3.25. The van der Waals surface area contributed by atoms with E-state index >= 15 is 0 Å². The summed E-state index contributed by atoms with van der Waals surface area (Å²) in [7, 11) is 1.88. The molecule has 1 amide bonds. The Morgan fingerprint density at radius 2 is 2.08 bits per heavy atom. The number of rotatable bonds is 3. The van der Waals surface area contributed by atoms with Crippen LogP contribution in [0.2, 0.25) is 0 Å². The highest BCUT2D eigenvalue weighted by atomic mass is 32.1. The van der Waals surface area contributed by atoms with Crippen LogP contribution in [0.15, 0.2) is 30.0 Å². The van der Waals surface area contributed by atoms with Gasteiger partial charge in [0.25, 0.3) is 0 Å². The molecule has 4 rings (SSSR count). The molecule has 4 heterocycles. The fourth-order valence-electron chi connectivity index (χ4n) is 3.04. The van der Waals surface area contributed by atoms with Crippen molar-refractivity contribution >= 4 is 34.1 Å². The monoisotopic (exact) mass is 342 g/mol. The number of amides is 1. The first-order valence-electron chi connectivity index (χ1n) is 7.90. The second-order valence-electron chi connectivity index (χ2n) is 5.83. The Bertz CT molecular complexity index is 851. The molecule has 3 aromatic rings. The van der Waals surface area contributed by atoms with Crippen LogP contribution in [-0.2, 0) is 18.3 Å². The maximum absolute atomic E-state index is 12.4. The van der Waals surface area contributed by atoms with E-state index in [1.54, 1.807) is 28.5 Å². The summed E-state index contributed by atoms with van der Waals surface area (Å²) in [5, 5.41) is 7.23. The first-order valence-corrected chi connectivity index (χ1v) is 8.78. The summed E-state index contributed by atoms with van der Waals surface area (Å²) in [6.45, 7) is 2.99. The number of piperazine rings is 1. The van der Waals surface area contributed by atoms with Crippen LogP contribution in [0.4, 0.5) is 5.82 Å². The lowest BCUT2D eigenvalue weighted by Gasteiger charge is -2.35. The maximum atomic E-state index is 12.4. The van der Waals surface area contributed by atoms with Crippen molar-refractivity contribution in [2.45, 2.75) is 6.42 Å². The van der Waals surface area contributed by atoms with E-state index < -0.39 is 0 Å². The Morgan fingerprint density at radius 3 is 2.83 bits per heavy atom. The van der Waals surface area contributed by atoms with Gasteiger partial charge in [-0.1, -0.05) is 6.07 Å². The SMILES string of the molecule is Cn1ncc2c(N3CCN(C(=O)Cc4cccs4)CC3)ncnc21. The lowest BCUT2D eigenvalue weighted by Crippen LogP contribution is -2.49. The first kappa shape index (κ1) is 15.1. The minimum absolute atomic E-state index is 0.200. The van der Waals surface area contributed by atoms with Gasteiger partial charge < -0.3 is 9.80 Å². The van der Waals surface area contributed by atoms with Crippen molar-refractivity contribution in [3.8, 4) is 0 Å². The summed E-state index contributed by atoms with van der Waals surface area (Å²) in [6.07, 6.45) is 3.88. The van der Waals surface area contributed by atoms with Gasteiger partial charge in [-0.3, -0.25) is 9.48 Å². The molecule has 0 atom stereocenters. The van der Waals surface area contributed by atoms with Crippen molar-refractivity contribution in [2.24, 2.45) is 7.05 Å². The number of hydrogen-bond acceptors (Lipinski definition) is 6. The predicted octanol–water partition coefficient (Wildman–Crippen LogP) is 1.32. The van der Waals surface area contributed by atoms with Crippen molar-refractivity contribution < 1.29 is 4.79 Å². The fourth-order valence-corrected chi connectivity index (χ4v) is 3.74. The summed E-state index contributed by atoms with van der Waals surface area (Å²) in [6, 6.07) is 4.00. The van der Waals surface area contributed by atoms with Gasteiger partial charge in [0.05, 0.1) is 18.0 Å². The Morgan fingerprint density at radius 1 is 1.25 bits per heavy atom. The largest absolute Gasteiger partial charge is 0.352 e. The number of thiophene rings is 1. The number of nitrogens with zero attached hydrogens (tertiary/aromatic N) is 6. The van der Waals surface area contributed by atoms with E-state index in [2.05, 4.69) is 20.0 Å². The van der Waals surface area contributed by atoms with Gasteiger partial charge in [-0.15, -0.1) is 11.3 Å². The van der Waals surface area contributed by atoms with Crippen molar-refractivity contribution in [3.63, 3.8) is 0 Å². The van der Waals surface area contributed by atoms with Crippen LogP contribution < -0.4 is 4.90 Å². The summed E-state index contributed by atoms with van der Waals surface area (Å²) in [5.41, 5.74) is 0.830. The second kappa shape index (κ2) is 6.20. The Kier molecular flexibility index (Phi) is 3.89. The molecule has 0 unspecified atom stereocenters. The van der Waals surface area contributed by atoms with Crippen LogP contribution in [-0.4, -0.2) is 56.7 Å². The topological polar surface area (TPSA) is 67.2 Å². The maximum Gasteiger partial charge on any atom is 0.227 e. The van der Waals surface area contributed by atoms with Crippen LogP contribution in [0.5, 0.6) is 0 Å². The number of aromatic nitrogens is 4. The molecule has 0 spiro atoms. The van der Waals surface area contributed by atoms with Crippen LogP contribution in [0, 0.1) is 0 Å². The predicted molar refractivity (Wildman–Crippen MR) is 93.1 cm³/mol. The second-order valence-corrected chi connectivity index (χ2v) is 6.86. The summed E-state index contributed by atoms with van der Waals surface area (Å²) in [4.78, 5) is 26.4. The molecule has 1 fully saturated rings. The molecule has 0 aromatic carbocycles. The minimum Gasteiger partial charge on any atom is -0.352 e. The van der Waals surface area contributed by atoms with Gasteiger partial charge in [0, 0.05) is 38.1 Å². The van der Waals surface area contributed by atoms with Crippen molar-refractivity contribution in [1.29, 1.82) is 0 Å². The molecule has 7 nitrogen and oxygen atoms in total. The Balaban J connectivity index is 1.45. The molecule has 0 N–H and O–H groups in total. The molecular formula is C16H18N6OS. The number of carbonyl (C=O) groups excluding carboxylic acids is 1. The number of hydrogen-bond donors (Lipinski definition) is 0. The molecule has 1 aliphatic rings. The molecule has 1 saturated heterocycles. The summed E-state index contributed by atoms with van der Waals surface area (Å²) < 4.78 is 1.75. The van der Waals surface area contributed by atoms with Gasteiger partial charge in [0.15, 0.2) is 5.65 Å². The van der Waals surface area contributed by atoms with E-state index in [0.717, 1.165) is 47.9 Å².